The number of hydrogen-bond acceptors (Lipinski definition) is 4. The van der Waals surface area contributed by atoms with Gasteiger partial charge in [-0.25, -0.2) is 4.98 Å². The molecule has 2 aromatic rings. The summed E-state index contributed by atoms with van der Waals surface area (Å²) in [6.45, 7) is 2.35. The van der Waals surface area contributed by atoms with Crippen molar-refractivity contribution in [2.24, 2.45) is 0 Å². The molecule has 0 saturated heterocycles. The van der Waals surface area contributed by atoms with Crippen LogP contribution >= 0.6 is 0 Å². The minimum absolute atomic E-state index is 0.179. The Balaban J connectivity index is 2.05. The smallest absolute Gasteiger partial charge is 0.270 e. The summed E-state index contributed by atoms with van der Waals surface area (Å²) in [7, 11) is 3.75. The number of fused-ring (bicyclic) bond motifs is 1. The summed E-state index contributed by atoms with van der Waals surface area (Å²) in [5.41, 5.74) is 0.162. The summed E-state index contributed by atoms with van der Waals surface area (Å²) in [6.07, 6.45) is 0. The first-order valence-electron chi connectivity index (χ1n) is 6.88. The molecule has 0 aliphatic carbocycles. The van der Waals surface area contributed by atoms with Crippen molar-refractivity contribution in [2.45, 2.75) is 12.5 Å². The van der Waals surface area contributed by atoms with Crippen LogP contribution in [0.15, 0.2) is 36.4 Å². The molecule has 1 unspecified atom stereocenters. The molecule has 21 heavy (non-hydrogen) atoms. The van der Waals surface area contributed by atoms with Crippen LogP contribution in [0.2, 0.25) is 0 Å². The van der Waals surface area contributed by atoms with E-state index in [2.05, 4.69) is 10.3 Å². The topological polar surface area (TPSA) is 65.5 Å². The molecule has 5 heteroatoms. The average Bonchev–Trinajstić information content (AvgIpc) is 2.43. The zero-order valence-electron chi connectivity index (χ0n) is 12.6. The Kier molecular flexibility index (Phi) is 4.55. The second-order valence-corrected chi connectivity index (χ2v) is 5.81. The molecule has 0 fully saturated rings. The standard InChI is InChI=1S/C16H21N3O2/c1-16(21,11-19(2)3)10-17-15(20)14-9-8-12-6-4-5-7-13(12)18-14/h4-9,21H,10-11H2,1-3H3,(H,17,20). The third-order valence-corrected chi connectivity index (χ3v) is 3.12. The SMILES string of the molecule is CN(C)CC(C)(O)CNC(=O)c1ccc2ccccc2n1. The van der Waals surface area contributed by atoms with Crippen molar-refractivity contribution in [3.8, 4) is 0 Å². The number of rotatable bonds is 5. The van der Waals surface area contributed by atoms with Gasteiger partial charge in [0.2, 0.25) is 0 Å². The van der Waals surface area contributed by atoms with Gasteiger partial charge in [0.1, 0.15) is 5.69 Å². The highest BCUT2D eigenvalue weighted by Crippen LogP contribution is 2.12. The van der Waals surface area contributed by atoms with Crippen LogP contribution in [-0.4, -0.2) is 53.7 Å². The Morgan fingerprint density at radius 1 is 1.29 bits per heavy atom. The predicted molar refractivity (Wildman–Crippen MR) is 83.3 cm³/mol. The van der Waals surface area contributed by atoms with Gasteiger partial charge in [-0.05, 0) is 33.2 Å². The van der Waals surface area contributed by atoms with E-state index in [4.69, 9.17) is 0 Å². The van der Waals surface area contributed by atoms with Crippen LogP contribution in [0.1, 0.15) is 17.4 Å². The van der Waals surface area contributed by atoms with Crippen molar-refractivity contribution in [3.63, 3.8) is 0 Å². The number of benzene rings is 1. The fourth-order valence-corrected chi connectivity index (χ4v) is 2.29. The van der Waals surface area contributed by atoms with E-state index in [9.17, 15) is 9.90 Å². The summed E-state index contributed by atoms with van der Waals surface area (Å²) in [5.74, 6) is -0.278. The van der Waals surface area contributed by atoms with Crippen LogP contribution in [0.5, 0.6) is 0 Å². The lowest BCUT2D eigenvalue weighted by Crippen LogP contribution is -2.47. The van der Waals surface area contributed by atoms with Gasteiger partial charge in [0.25, 0.3) is 5.91 Å². The van der Waals surface area contributed by atoms with E-state index in [1.165, 1.54) is 0 Å². The van der Waals surface area contributed by atoms with Gasteiger partial charge in [-0.2, -0.15) is 0 Å². The monoisotopic (exact) mass is 287 g/mol. The van der Waals surface area contributed by atoms with Crippen LogP contribution in [0.3, 0.4) is 0 Å². The number of amides is 1. The Labute approximate surface area is 124 Å². The van der Waals surface area contributed by atoms with Gasteiger partial charge in [-0.1, -0.05) is 24.3 Å². The number of hydrogen-bond donors (Lipinski definition) is 2. The Bertz CT molecular complexity index is 638. The largest absolute Gasteiger partial charge is 0.387 e. The lowest BCUT2D eigenvalue weighted by Gasteiger charge is -2.26. The number of para-hydroxylation sites is 1. The minimum Gasteiger partial charge on any atom is -0.387 e. The molecule has 1 amide bonds. The third-order valence-electron chi connectivity index (χ3n) is 3.12. The van der Waals surface area contributed by atoms with Gasteiger partial charge in [-0.3, -0.25) is 4.79 Å². The number of pyridine rings is 1. The van der Waals surface area contributed by atoms with Crippen LogP contribution in [0.4, 0.5) is 0 Å². The van der Waals surface area contributed by atoms with Crippen LogP contribution in [0.25, 0.3) is 10.9 Å². The van der Waals surface area contributed by atoms with Crippen molar-refractivity contribution in [1.82, 2.24) is 15.2 Å². The molecule has 0 bridgehead atoms. The van der Waals surface area contributed by atoms with E-state index in [0.717, 1.165) is 10.9 Å². The quantitative estimate of drug-likeness (QED) is 0.869. The molecule has 0 aliphatic heterocycles. The maximum absolute atomic E-state index is 12.1. The van der Waals surface area contributed by atoms with Crippen LogP contribution in [-0.2, 0) is 0 Å². The second kappa shape index (κ2) is 6.20. The Morgan fingerprint density at radius 3 is 2.71 bits per heavy atom. The van der Waals surface area contributed by atoms with Crippen molar-refractivity contribution < 1.29 is 9.90 Å². The number of nitrogens with zero attached hydrogens (tertiary/aromatic N) is 2. The molecule has 0 spiro atoms. The molecular formula is C16H21N3O2. The first-order chi connectivity index (χ1) is 9.87. The normalized spacial score (nSPS) is 14.1. The molecule has 5 nitrogen and oxygen atoms in total. The Morgan fingerprint density at radius 2 is 2.00 bits per heavy atom. The number of carbonyl (C=O) groups is 1. The molecule has 2 N–H and O–H groups in total. The molecule has 0 saturated carbocycles. The van der Waals surface area contributed by atoms with Crippen molar-refractivity contribution in [1.29, 1.82) is 0 Å². The molecule has 1 aromatic heterocycles. The van der Waals surface area contributed by atoms with Crippen LogP contribution in [0, 0.1) is 0 Å². The zero-order chi connectivity index (χ0) is 15.5. The van der Waals surface area contributed by atoms with Crippen LogP contribution < -0.4 is 5.32 Å². The summed E-state index contributed by atoms with van der Waals surface area (Å²) in [6, 6.07) is 11.2. The third kappa shape index (κ3) is 4.24. The van der Waals surface area contributed by atoms with E-state index in [1.54, 1.807) is 13.0 Å². The van der Waals surface area contributed by atoms with Gasteiger partial charge in [0.15, 0.2) is 0 Å². The maximum Gasteiger partial charge on any atom is 0.270 e. The van der Waals surface area contributed by atoms with Gasteiger partial charge in [0.05, 0.1) is 11.1 Å². The predicted octanol–water partition coefficient (Wildman–Crippen LogP) is 1.28. The van der Waals surface area contributed by atoms with E-state index < -0.39 is 5.60 Å². The Hall–Kier alpha value is -1.98. The van der Waals surface area contributed by atoms with E-state index in [-0.39, 0.29) is 12.5 Å². The number of likely N-dealkylation sites (N-methyl/N-ethyl adjacent to an activating group) is 1. The molecular weight excluding hydrogens is 266 g/mol. The highest BCUT2D eigenvalue weighted by atomic mass is 16.3. The van der Waals surface area contributed by atoms with Gasteiger partial charge >= 0.3 is 0 Å². The van der Waals surface area contributed by atoms with Gasteiger partial charge in [-0.15, -0.1) is 0 Å². The first-order valence-corrected chi connectivity index (χ1v) is 6.88. The molecule has 112 valence electrons. The molecule has 2 rings (SSSR count). The zero-order valence-corrected chi connectivity index (χ0v) is 12.6. The number of aliphatic hydroxyl groups is 1. The molecule has 1 aromatic carbocycles. The summed E-state index contributed by atoms with van der Waals surface area (Å²) in [5, 5.41) is 13.9. The summed E-state index contributed by atoms with van der Waals surface area (Å²) < 4.78 is 0. The maximum atomic E-state index is 12.1. The minimum atomic E-state index is -0.976. The van der Waals surface area contributed by atoms with Crippen molar-refractivity contribution >= 4 is 16.8 Å². The van der Waals surface area contributed by atoms with Crippen molar-refractivity contribution in [2.75, 3.05) is 27.2 Å². The summed E-state index contributed by atoms with van der Waals surface area (Å²) in [4.78, 5) is 18.3. The highest BCUT2D eigenvalue weighted by Gasteiger charge is 2.22. The number of aromatic nitrogens is 1. The fourth-order valence-electron chi connectivity index (χ4n) is 2.29. The first kappa shape index (κ1) is 15.4. The molecule has 1 atom stereocenters. The lowest BCUT2D eigenvalue weighted by molar-refractivity contribution is 0.0325. The highest BCUT2D eigenvalue weighted by molar-refractivity contribution is 5.94. The van der Waals surface area contributed by atoms with Crippen molar-refractivity contribution in [3.05, 3.63) is 42.1 Å². The van der Waals surface area contributed by atoms with Gasteiger partial charge in [0, 0.05) is 18.5 Å². The fraction of sp³-hybridized carbons (Fsp3) is 0.375. The van der Waals surface area contributed by atoms with E-state index in [1.807, 2.05) is 49.3 Å². The summed E-state index contributed by atoms with van der Waals surface area (Å²) >= 11 is 0. The molecule has 0 aliphatic rings. The van der Waals surface area contributed by atoms with E-state index in [0.29, 0.717) is 12.2 Å². The average molecular weight is 287 g/mol. The molecule has 1 heterocycles. The lowest BCUT2D eigenvalue weighted by atomic mass is 10.1. The number of carbonyl (C=O) groups excluding carboxylic acids is 1. The molecule has 0 radical (unpaired) electrons. The number of nitrogens with one attached hydrogen (secondary N) is 1. The van der Waals surface area contributed by atoms with E-state index >= 15 is 0 Å². The van der Waals surface area contributed by atoms with Gasteiger partial charge < -0.3 is 15.3 Å². The second-order valence-electron chi connectivity index (χ2n) is 5.81.